The zero-order valence-electron chi connectivity index (χ0n) is 12.3. The number of aryl methyl sites for hydroxylation is 1. The predicted molar refractivity (Wildman–Crippen MR) is 82.2 cm³/mol. The van der Waals surface area contributed by atoms with Crippen molar-refractivity contribution in [2.45, 2.75) is 25.8 Å². The molecule has 1 rings (SSSR count). The number of rotatable bonds is 8. The number of hydrogen-bond donors (Lipinski definition) is 2. The number of amides is 2. The van der Waals surface area contributed by atoms with E-state index >= 15 is 0 Å². The molecule has 0 aliphatic carbocycles. The highest BCUT2D eigenvalue weighted by atomic mass is 16.4. The van der Waals surface area contributed by atoms with E-state index in [-0.39, 0.29) is 6.03 Å². The van der Waals surface area contributed by atoms with Gasteiger partial charge in [-0.15, -0.1) is 6.58 Å². The van der Waals surface area contributed by atoms with Crippen LogP contribution < -0.4 is 5.32 Å². The molecule has 2 amide bonds. The lowest BCUT2D eigenvalue weighted by atomic mass is 10.1. The van der Waals surface area contributed by atoms with E-state index in [0.717, 1.165) is 5.56 Å². The number of carbonyl (C=O) groups excluding carboxylic acids is 1. The number of likely N-dealkylation sites (N-methyl/N-ethyl adjacent to an activating group) is 1. The Morgan fingerprint density at radius 2 is 2.05 bits per heavy atom. The highest BCUT2D eigenvalue weighted by Gasteiger charge is 2.21. The van der Waals surface area contributed by atoms with E-state index in [1.54, 1.807) is 6.08 Å². The zero-order valence-corrected chi connectivity index (χ0v) is 12.3. The molecular formula is C16H22N2O3. The molecule has 0 fully saturated rings. The predicted octanol–water partition coefficient (Wildman–Crippen LogP) is 2.29. The SMILES string of the molecule is C=CCN(CC)C(=O)NC(CCc1ccccc1)C(=O)O. The first-order chi connectivity index (χ1) is 10.1. The fraction of sp³-hybridized carbons (Fsp3) is 0.375. The van der Waals surface area contributed by atoms with Gasteiger partial charge >= 0.3 is 12.0 Å². The normalized spacial score (nSPS) is 11.5. The number of carboxylic acid groups (broad SMARTS) is 1. The molecule has 0 saturated carbocycles. The average molecular weight is 290 g/mol. The van der Waals surface area contributed by atoms with Crippen LogP contribution in [0.25, 0.3) is 0 Å². The number of carbonyl (C=O) groups is 2. The number of urea groups is 1. The molecule has 1 unspecified atom stereocenters. The topological polar surface area (TPSA) is 69.6 Å². The summed E-state index contributed by atoms with van der Waals surface area (Å²) in [5, 5.41) is 11.8. The first-order valence-corrected chi connectivity index (χ1v) is 7.01. The van der Waals surface area contributed by atoms with Crippen LogP contribution in [0.1, 0.15) is 18.9 Å². The summed E-state index contributed by atoms with van der Waals surface area (Å²) in [7, 11) is 0. The van der Waals surface area contributed by atoms with Crippen LogP contribution in [-0.4, -0.2) is 41.1 Å². The number of nitrogens with zero attached hydrogens (tertiary/aromatic N) is 1. The lowest BCUT2D eigenvalue weighted by Crippen LogP contribution is -2.48. The second kappa shape index (κ2) is 8.79. The van der Waals surface area contributed by atoms with Crippen LogP contribution in [0.5, 0.6) is 0 Å². The number of benzene rings is 1. The molecule has 1 aromatic carbocycles. The van der Waals surface area contributed by atoms with Crippen LogP contribution in [0, 0.1) is 0 Å². The summed E-state index contributed by atoms with van der Waals surface area (Å²) < 4.78 is 0. The number of nitrogens with one attached hydrogen (secondary N) is 1. The zero-order chi connectivity index (χ0) is 15.7. The minimum absolute atomic E-state index is 0.358. The van der Waals surface area contributed by atoms with Crippen molar-refractivity contribution < 1.29 is 14.7 Å². The quantitative estimate of drug-likeness (QED) is 0.722. The molecule has 5 heteroatoms. The third-order valence-electron chi connectivity index (χ3n) is 3.18. The van der Waals surface area contributed by atoms with Crippen LogP contribution in [0.2, 0.25) is 0 Å². The lowest BCUT2D eigenvalue weighted by molar-refractivity contribution is -0.139. The second-order valence-corrected chi connectivity index (χ2v) is 4.69. The highest BCUT2D eigenvalue weighted by molar-refractivity contribution is 5.82. The van der Waals surface area contributed by atoms with Gasteiger partial charge in [0.15, 0.2) is 0 Å². The van der Waals surface area contributed by atoms with Crippen LogP contribution in [0.3, 0.4) is 0 Å². The molecular weight excluding hydrogens is 268 g/mol. The van der Waals surface area contributed by atoms with Crippen LogP contribution >= 0.6 is 0 Å². The first kappa shape index (κ1) is 16.8. The van der Waals surface area contributed by atoms with Crippen molar-refractivity contribution in [2.24, 2.45) is 0 Å². The summed E-state index contributed by atoms with van der Waals surface area (Å²) in [5.41, 5.74) is 1.05. The van der Waals surface area contributed by atoms with E-state index in [4.69, 9.17) is 0 Å². The maximum Gasteiger partial charge on any atom is 0.326 e. The van der Waals surface area contributed by atoms with Crippen molar-refractivity contribution in [1.29, 1.82) is 0 Å². The Morgan fingerprint density at radius 1 is 1.38 bits per heavy atom. The van der Waals surface area contributed by atoms with Crippen molar-refractivity contribution >= 4 is 12.0 Å². The van der Waals surface area contributed by atoms with Crippen LogP contribution in [-0.2, 0) is 11.2 Å². The Labute approximate surface area is 125 Å². The number of carboxylic acids is 1. The monoisotopic (exact) mass is 290 g/mol. The molecule has 0 aliphatic rings. The minimum Gasteiger partial charge on any atom is -0.480 e. The van der Waals surface area contributed by atoms with Crippen LogP contribution in [0.4, 0.5) is 4.79 Å². The molecule has 114 valence electrons. The summed E-state index contributed by atoms with van der Waals surface area (Å²) in [4.78, 5) is 24.8. The van der Waals surface area contributed by atoms with Crippen molar-refractivity contribution in [2.75, 3.05) is 13.1 Å². The van der Waals surface area contributed by atoms with Gasteiger partial charge in [0.05, 0.1) is 0 Å². The summed E-state index contributed by atoms with van der Waals surface area (Å²) in [6.07, 6.45) is 2.57. The van der Waals surface area contributed by atoms with Crippen molar-refractivity contribution in [1.82, 2.24) is 10.2 Å². The standard InChI is InChI=1S/C16H22N2O3/c1-3-12-18(4-2)16(21)17-14(15(19)20)11-10-13-8-6-5-7-9-13/h3,5-9,14H,1,4,10-12H2,2H3,(H,17,21)(H,19,20). The molecule has 0 saturated heterocycles. The molecule has 2 N–H and O–H groups in total. The molecule has 1 atom stereocenters. The fourth-order valence-electron chi connectivity index (χ4n) is 1.96. The third-order valence-corrected chi connectivity index (χ3v) is 3.18. The Bertz CT molecular complexity index is 474. The maximum absolute atomic E-state index is 12.0. The average Bonchev–Trinajstić information content (AvgIpc) is 2.49. The summed E-state index contributed by atoms with van der Waals surface area (Å²) >= 11 is 0. The number of aliphatic carboxylic acids is 1. The van der Waals surface area contributed by atoms with Gasteiger partial charge in [0.2, 0.25) is 0 Å². The maximum atomic E-state index is 12.0. The van der Waals surface area contributed by atoms with Crippen molar-refractivity contribution in [3.05, 3.63) is 48.6 Å². The molecule has 0 aliphatic heterocycles. The van der Waals surface area contributed by atoms with E-state index < -0.39 is 12.0 Å². The molecule has 0 heterocycles. The summed E-state index contributed by atoms with van der Waals surface area (Å²) in [6, 6.07) is 8.34. The van der Waals surface area contributed by atoms with E-state index in [2.05, 4.69) is 11.9 Å². The van der Waals surface area contributed by atoms with Gasteiger partial charge in [-0.25, -0.2) is 9.59 Å². The van der Waals surface area contributed by atoms with Crippen molar-refractivity contribution in [3.63, 3.8) is 0 Å². The van der Waals surface area contributed by atoms with E-state index in [0.29, 0.717) is 25.9 Å². The highest BCUT2D eigenvalue weighted by Crippen LogP contribution is 2.06. The largest absolute Gasteiger partial charge is 0.480 e. The van der Waals surface area contributed by atoms with Gasteiger partial charge in [-0.2, -0.15) is 0 Å². The second-order valence-electron chi connectivity index (χ2n) is 4.69. The Morgan fingerprint density at radius 3 is 2.57 bits per heavy atom. The molecule has 0 bridgehead atoms. The van der Waals surface area contributed by atoms with Gasteiger partial charge in [0.25, 0.3) is 0 Å². The molecule has 0 spiro atoms. The first-order valence-electron chi connectivity index (χ1n) is 7.01. The van der Waals surface area contributed by atoms with Crippen LogP contribution in [0.15, 0.2) is 43.0 Å². The smallest absolute Gasteiger partial charge is 0.326 e. The van der Waals surface area contributed by atoms with Gasteiger partial charge in [0.1, 0.15) is 6.04 Å². The van der Waals surface area contributed by atoms with Gasteiger partial charge in [-0.05, 0) is 25.3 Å². The Hall–Kier alpha value is -2.30. The Kier molecular flexibility index (Phi) is 7.01. The Balaban J connectivity index is 2.59. The van der Waals surface area contributed by atoms with Gasteiger partial charge in [-0.3, -0.25) is 0 Å². The van der Waals surface area contributed by atoms with Gasteiger partial charge < -0.3 is 15.3 Å². The summed E-state index contributed by atoms with van der Waals surface area (Å²) in [6.45, 7) is 6.32. The lowest BCUT2D eigenvalue weighted by Gasteiger charge is -2.22. The van der Waals surface area contributed by atoms with Crippen molar-refractivity contribution in [3.8, 4) is 0 Å². The van der Waals surface area contributed by atoms with Gasteiger partial charge in [-0.1, -0.05) is 36.4 Å². The number of hydrogen-bond acceptors (Lipinski definition) is 2. The molecule has 21 heavy (non-hydrogen) atoms. The minimum atomic E-state index is -1.02. The molecule has 0 aromatic heterocycles. The van der Waals surface area contributed by atoms with E-state index in [1.165, 1.54) is 4.90 Å². The summed E-state index contributed by atoms with van der Waals surface area (Å²) in [5.74, 6) is -1.02. The molecule has 0 radical (unpaired) electrons. The fourth-order valence-corrected chi connectivity index (χ4v) is 1.96. The molecule has 1 aromatic rings. The van der Waals surface area contributed by atoms with Gasteiger partial charge in [0, 0.05) is 13.1 Å². The molecule has 5 nitrogen and oxygen atoms in total. The third kappa shape index (κ3) is 5.69. The van der Waals surface area contributed by atoms with E-state index in [1.807, 2.05) is 37.3 Å². The van der Waals surface area contributed by atoms with E-state index in [9.17, 15) is 14.7 Å².